The number of nitrogens with zero attached hydrogens (tertiary/aromatic N) is 1. The van der Waals surface area contributed by atoms with E-state index in [0.717, 1.165) is 28.3 Å². The molecule has 3 rings (SSSR count). The molecular weight excluding hydrogens is 321 g/mol. The molecule has 0 radical (unpaired) electrons. The highest BCUT2D eigenvalue weighted by atomic mass is 32.2. The molecule has 0 aliphatic carbocycles. The number of benzene rings is 2. The molecule has 0 saturated heterocycles. The lowest BCUT2D eigenvalue weighted by Gasteiger charge is -2.08. The third-order valence-electron chi connectivity index (χ3n) is 3.36. The van der Waals surface area contributed by atoms with Gasteiger partial charge in [0.05, 0.1) is 17.5 Å². The van der Waals surface area contributed by atoms with Gasteiger partial charge in [0.2, 0.25) is 0 Å². The van der Waals surface area contributed by atoms with Crippen LogP contribution in [0.2, 0.25) is 0 Å². The Morgan fingerprint density at radius 2 is 1.65 bits per heavy atom. The van der Waals surface area contributed by atoms with E-state index in [1.165, 1.54) is 12.1 Å². The van der Waals surface area contributed by atoms with Crippen molar-refractivity contribution in [2.45, 2.75) is 16.8 Å². The molecule has 2 aromatic carbocycles. The van der Waals surface area contributed by atoms with Gasteiger partial charge in [-0.25, -0.2) is 0 Å². The number of hydrogen-bond acceptors (Lipinski definition) is 2. The first-order valence-electron chi connectivity index (χ1n) is 6.92. The quantitative estimate of drug-likeness (QED) is 0.648. The van der Waals surface area contributed by atoms with Gasteiger partial charge in [0.15, 0.2) is 0 Å². The molecule has 1 aromatic heterocycles. The van der Waals surface area contributed by atoms with Crippen LogP contribution >= 0.6 is 11.8 Å². The van der Waals surface area contributed by atoms with Crippen LogP contribution in [0.15, 0.2) is 65.7 Å². The largest absolute Gasteiger partial charge is 0.416 e. The Morgan fingerprint density at radius 1 is 0.957 bits per heavy atom. The normalized spacial score (nSPS) is 11.6. The van der Waals surface area contributed by atoms with Crippen molar-refractivity contribution >= 4 is 11.8 Å². The number of nitrogens with one attached hydrogen (secondary N) is 1. The van der Waals surface area contributed by atoms with E-state index in [-0.39, 0.29) is 0 Å². The van der Waals surface area contributed by atoms with Gasteiger partial charge in [-0.2, -0.15) is 18.3 Å². The summed E-state index contributed by atoms with van der Waals surface area (Å²) in [5.74, 6) is 0.691. The van der Waals surface area contributed by atoms with Crippen LogP contribution in [-0.4, -0.2) is 10.2 Å². The number of aromatic nitrogens is 2. The van der Waals surface area contributed by atoms with Gasteiger partial charge < -0.3 is 0 Å². The molecule has 0 saturated carbocycles. The Hall–Kier alpha value is -2.21. The van der Waals surface area contributed by atoms with Gasteiger partial charge >= 0.3 is 6.18 Å². The minimum absolute atomic E-state index is 0.652. The van der Waals surface area contributed by atoms with Gasteiger partial charge in [-0.3, -0.25) is 5.10 Å². The molecule has 1 N–H and O–H groups in total. The van der Waals surface area contributed by atoms with Crippen molar-refractivity contribution in [2.75, 3.05) is 0 Å². The minimum atomic E-state index is -4.32. The lowest BCUT2D eigenvalue weighted by atomic mass is 10.1. The van der Waals surface area contributed by atoms with Gasteiger partial charge in [-0.15, -0.1) is 11.8 Å². The van der Waals surface area contributed by atoms with Crippen molar-refractivity contribution < 1.29 is 13.2 Å². The monoisotopic (exact) mass is 334 g/mol. The van der Waals surface area contributed by atoms with Crippen molar-refractivity contribution in [3.63, 3.8) is 0 Å². The summed E-state index contributed by atoms with van der Waals surface area (Å²) >= 11 is 1.65. The fourth-order valence-electron chi connectivity index (χ4n) is 2.17. The zero-order valence-corrected chi connectivity index (χ0v) is 12.8. The number of halogens is 3. The van der Waals surface area contributed by atoms with Gasteiger partial charge in [0.1, 0.15) is 0 Å². The first-order valence-corrected chi connectivity index (χ1v) is 7.90. The summed E-state index contributed by atoms with van der Waals surface area (Å²) in [5, 5.41) is 6.89. The maximum Gasteiger partial charge on any atom is 0.416 e. The molecule has 2 nitrogen and oxygen atoms in total. The van der Waals surface area contributed by atoms with Crippen LogP contribution < -0.4 is 0 Å². The molecule has 0 spiro atoms. The van der Waals surface area contributed by atoms with Crippen LogP contribution in [0.25, 0.3) is 11.3 Å². The molecule has 0 atom stereocenters. The molecular formula is C17H13F3N2S. The van der Waals surface area contributed by atoms with E-state index < -0.39 is 11.7 Å². The Balaban J connectivity index is 1.78. The van der Waals surface area contributed by atoms with Crippen LogP contribution in [0.1, 0.15) is 11.1 Å². The van der Waals surface area contributed by atoms with Crippen molar-refractivity contribution in [1.82, 2.24) is 10.2 Å². The van der Waals surface area contributed by atoms with Crippen molar-refractivity contribution in [1.29, 1.82) is 0 Å². The second kappa shape index (κ2) is 6.50. The Morgan fingerprint density at radius 3 is 2.30 bits per heavy atom. The summed E-state index contributed by atoms with van der Waals surface area (Å²) in [7, 11) is 0. The maximum absolute atomic E-state index is 12.6. The average molecular weight is 334 g/mol. The van der Waals surface area contributed by atoms with E-state index in [2.05, 4.69) is 10.2 Å². The third kappa shape index (κ3) is 3.76. The first kappa shape index (κ1) is 15.7. The molecule has 3 aromatic rings. The Bertz CT molecular complexity index is 765. The van der Waals surface area contributed by atoms with Crippen LogP contribution in [0.4, 0.5) is 13.2 Å². The fraction of sp³-hybridized carbons (Fsp3) is 0.118. The molecule has 118 valence electrons. The fourth-order valence-corrected chi connectivity index (χ4v) is 3.06. The molecule has 23 heavy (non-hydrogen) atoms. The summed E-state index contributed by atoms with van der Waals surface area (Å²) in [6.45, 7) is 0. The Kier molecular flexibility index (Phi) is 4.43. The third-order valence-corrected chi connectivity index (χ3v) is 4.42. The highest BCUT2D eigenvalue weighted by Gasteiger charge is 2.30. The van der Waals surface area contributed by atoms with Gasteiger partial charge in [-0.05, 0) is 29.8 Å². The number of aromatic amines is 1. The number of rotatable bonds is 4. The van der Waals surface area contributed by atoms with Crippen molar-refractivity contribution in [3.05, 3.63) is 71.9 Å². The average Bonchev–Trinajstić information content (AvgIpc) is 3.02. The number of alkyl halides is 3. The number of H-pyrrole nitrogens is 1. The summed E-state index contributed by atoms with van der Waals surface area (Å²) in [6.07, 6.45) is -2.61. The predicted octanol–water partition coefficient (Wildman–Crippen LogP) is 5.39. The van der Waals surface area contributed by atoms with Gasteiger partial charge in [0, 0.05) is 16.2 Å². The SMILES string of the molecule is FC(F)(F)c1ccc(-c2[nH]ncc2CSc2ccccc2)cc1. The Labute approximate surface area is 135 Å². The molecule has 1 heterocycles. The van der Waals surface area contributed by atoms with Crippen LogP contribution in [-0.2, 0) is 11.9 Å². The van der Waals surface area contributed by atoms with Crippen molar-refractivity contribution in [2.24, 2.45) is 0 Å². The first-order chi connectivity index (χ1) is 11.0. The zero-order chi connectivity index (χ0) is 16.3. The molecule has 0 fully saturated rings. The highest BCUT2D eigenvalue weighted by Crippen LogP contribution is 2.32. The molecule has 0 amide bonds. The van der Waals surface area contributed by atoms with Crippen molar-refractivity contribution in [3.8, 4) is 11.3 Å². The molecule has 0 aliphatic rings. The van der Waals surface area contributed by atoms with E-state index in [0.29, 0.717) is 11.3 Å². The van der Waals surface area contributed by atoms with Crippen LogP contribution in [0.3, 0.4) is 0 Å². The topological polar surface area (TPSA) is 28.7 Å². The maximum atomic E-state index is 12.6. The van der Waals surface area contributed by atoms with Crippen LogP contribution in [0, 0.1) is 0 Å². The van der Waals surface area contributed by atoms with E-state index in [1.807, 2.05) is 30.3 Å². The van der Waals surface area contributed by atoms with E-state index in [4.69, 9.17) is 0 Å². The van der Waals surface area contributed by atoms with E-state index >= 15 is 0 Å². The molecule has 0 aliphatic heterocycles. The smallest absolute Gasteiger partial charge is 0.278 e. The summed E-state index contributed by atoms with van der Waals surface area (Å²) in [6, 6.07) is 15.0. The standard InChI is InChI=1S/C17H13F3N2S/c18-17(19,20)14-8-6-12(7-9-14)16-13(10-21-22-16)11-23-15-4-2-1-3-5-15/h1-10H,11H2,(H,21,22). The predicted molar refractivity (Wildman–Crippen MR) is 85.0 cm³/mol. The van der Waals surface area contributed by atoms with Gasteiger partial charge in [-0.1, -0.05) is 30.3 Å². The minimum Gasteiger partial charge on any atom is -0.278 e. The molecule has 0 bridgehead atoms. The second-order valence-electron chi connectivity index (χ2n) is 4.95. The lowest BCUT2D eigenvalue weighted by molar-refractivity contribution is -0.137. The second-order valence-corrected chi connectivity index (χ2v) is 6.00. The number of thioether (sulfide) groups is 1. The zero-order valence-electron chi connectivity index (χ0n) is 12.0. The molecule has 6 heteroatoms. The van der Waals surface area contributed by atoms with E-state index in [9.17, 15) is 13.2 Å². The number of hydrogen-bond donors (Lipinski definition) is 1. The van der Waals surface area contributed by atoms with E-state index in [1.54, 1.807) is 18.0 Å². The summed E-state index contributed by atoms with van der Waals surface area (Å²) in [5.41, 5.74) is 1.75. The summed E-state index contributed by atoms with van der Waals surface area (Å²) < 4.78 is 37.9. The lowest BCUT2D eigenvalue weighted by Crippen LogP contribution is -2.04. The van der Waals surface area contributed by atoms with Gasteiger partial charge in [0.25, 0.3) is 0 Å². The molecule has 0 unspecified atom stereocenters. The van der Waals surface area contributed by atoms with Crippen LogP contribution in [0.5, 0.6) is 0 Å². The summed E-state index contributed by atoms with van der Waals surface area (Å²) in [4.78, 5) is 1.13. The highest BCUT2D eigenvalue weighted by molar-refractivity contribution is 7.98.